The second kappa shape index (κ2) is 7.49. The van der Waals surface area contributed by atoms with Gasteiger partial charge < -0.3 is 5.32 Å². The molecule has 1 amide bonds. The van der Waals surface area contributed by atoms with Gasteiger partial charge in [0.1, 0.15) is 11.6 Å². The Morgan fingerprint density at radius 3 is 2.64 bits per heavy atom. The molecule has 7 heteroatoms. The van der Waals surface area contributed by atoms with Gasteiger partial charge in [-0.1, -0.05) is 0 Å². The third-order valence-corrected chi connectivity index (χ3v) is 6.13. The summed E-state index contributed by atoms with van der Waals surface area (Å²) in [6, 6.07) is 1.98. The van der Waals surface area contributed by atoms with Crippen LogP contribution in [0.1, 0.15) is 39.3 Å². The predicted molar refractivity (Wildman–Crippen MR) is 102 cm³/mol. The number of aromatic nitrogens is 3. The summed E-state index contributed by atoms with van der Waals surface area (Å²) in [4.78, 5) is 17.2. The number of hydrogen-bond acceptors (Lipinski definition) is 5. The molecule has 0 bridgehead atoms. The Bertz CT molecular complexity index is 864. The number of amides is 1. The third-order valence-electron chi connectivity index (χ3n) is 4.33. The molecule has 0 spiro atoms. The van der Waals surface area contributed by atoms with Crippen molar-refractivity contribution in [3.05, 3.63) is 55.4 Å². The molecule has 0 saturated carbocycles. The molecule has 132 valence electrons. The van der Waals surface area contributed by atoms with Crippen LogP contribution in [0.5, 0.6) is 0 Å². The Hall–Kier alpha value is -1.99. The number of nitrogens with zero attached hydrogens (tertiary/aromatic N) is 3. The van der Waals surface area contributed by atoms with E-state index in [9.17, 15) is 4.79 Å². The van der Waals surface area contributed by atoms with Gasteiger partial charge in [-0.05, 0) is 55.6 Å². The maximum atomic E-state index is 12.6. The zero-order valence-corrected chi connectivity index (χ0v) is 16.5. The van der Waals surface area contributed by atoms with Crippen LogP contribution in [0.4, 0.5) is 0 Å². The fourth-order valence-electron chi connectivity index (χ4n) is 2.69. The van der Waals surface area contributed by atoms with Crippen LogP contribution in [0.2, 0.25) is 0 Å². The van der Waals surface area contributed by atoms with E-state index in [4.69, 9.17) is 0 Å². The van der Waals surface area contributed by atoms with Crippen molar-refractivity contribution in [3.63, 3.8) is 0 Å². The average Bonchev–Trinajstić information content (AvgIpc) is 3.27. The molecule has 0 saturated heterocycles. The van der Waals surface area contributed by atoms with Gasteiger partial charge in [0.15, 0.2) is 0 Å². The molecule has 3 rings (SSSR count). The number of rotatable bonds is 6. The molecule has 3 heterocycles. The minimum absolute atomic E-state index is 0.0429. The smallest absolute Gasteiger partial charge is 0.242 e. The van der Waals surface area contributed by atoms with E-state index in [0.29, 0.717) is 0 Å². The van der Waals surface area contributed by atoms with Crippen molar-refractivity contribution in [1.29, 1.82) is 0 Å². The fraction of sp³-hybridized carbons (Fsp3) is 0.389. The molecule has 3 aromatic rings. The highest BCUT2D eigenvalue weighted by atomic mass is 32.1. The highest BCUT2D eigenvalue weighted by Crippen LogP contribution is 2.23. The van der Waals surface area contributed by atoms with E-state index in [1.807, 2.05) is 33.1 Å². The van der Waals surface area contributed by atoms with Crippen LogP contribution >= 0.6 is 22.7 Å². The van der Waals surface area contributed by atoms with Gasteiger partial charge in [-0.3, -0.25) is 9.48 Å². The van der Waals surface area contributed by atoms with Gasteiger partial charge >= 0.3 is 0 Å². The van der Waals surface area contributed by atoms with E-state index < -0.39 is 0 Å². The molecule has 0 radical (unpaired) electrons. The lowest BCUT2D eigenvalue weighted by Gasteiger charge is -2.16. The molecule has 25 heavy (non-hydrogen) atoms. The number of thiazole rings is 1. The van der Waals surface area contributed by atoms with Gasteiger partial charge in [-0.2, -0.15) is 16.4 Å². The van der Waals surface area contributed by atoms with E-state index >= 15 is 0 Å². The Morgan fingerprint density at radius 2 is 2.08 bits per heavy atom. The molecular weight excluding hydrogens is 352 g/mol. The fourth-order valence-corrected chi connectivity index (χ4v) is 4.22. The van der Waals surface area contributed by atoms with Crippen molar-refractivity contribution in [2.45, 2.75) is 46.7 Å². The normalized spacial score (nSPS) is 12.3. The van der Waals surface area contributed by atoms with Crippen LogP contribution in [0.25, 0.3) is 0 Å². The predicted octanol–water partition coefficient (Wildman–Crippen LogP) is 3.73. The summed E-state index contributed by atoms with van der Waals surface area (Å²) >= 11 is 3.26. The number of hydrogen-bond donors (Lipinski definition) is 1. The lowest BCUT2D eigenvalue weighted by molar-refractivity contribution is -0.122. The number of nitrogens with one attached hydrogen (secondary N) is 1. The van der Waals surface area contributed by atoms with Crippen molar-refractivity contribution in [3.8, 4) is 0 Å². The maximum absolute atomic E-state index is 12.6. The quantitative estimate of drug-likeness (QED) is 0.715. The zero-order valence-electron chi connectivity index (χ0n) is 14.9. The molecule has 0 aliphatic carbocycles. The minimum atomic E-state index is -0.112. The molecule has 0 aliphatic rings. The summed E-state index contributed by atoms with van der Waals surface area (Å²) < 4.78 is 1.77. The topological polar surface area (TPSA) is 59.8 Å². The first-order chi connectivity index (χ1) is 11.9. The van der Waals surface area contributed by atoms with Crippen molar-refractivity contribution in [2.75, 3.05) is 0 Å². The van der Waals surface area contributed by atoms with Gasteiger partial charge in [-0.25, -0.2) is 4.98 Å². The average molecular weight is 375 g/mol. The SMILES string of the molecule is Cc1csc([C@@H](Cc2ccsc2)NC(=O)Cn2nc(C)c(C)c2C)n1. The number of carbonyl (C=O) groups excluding carboxylic acids is 1. The van der Waals surface area contributed by atoms with Gasteiger partial charge in [0.05, 0.1) is 11.7 Å². The summed E-state index contributed by atoms with van der Waals surface area (Å²) in [5.74, 6) is -0.0429. The highest BCUT2D eigenvalue weighted by Gasteiger charge is 2.20. The Labute approximate surface area is 155 Å². The van der Waals surface area contributed by atoms with Gasteiger partial charge in [0.25, 0.3) is 0 Å². The Morgan fingerprint density at radius 1 is 1.28 bits per heavy atom. The second-order valence-corrected chi connectivity index (χ2v) is 7.91. The van der Waals surface area contributed by atoms with E-state index in [-0.39, 0.29) is 18.5 Å². The van der Waals surface area contributed by atoms with Crippen molar-refractivity contribution in [1.82, 2.24) is 20.1 Å². The number of carbonyl (C=O) groups is 1. The van der Waals surface area contributed by atoms with Gasteiger partial charge in [-0.15, -0.1) is 11.3 Å². The number of aryl methyl sites for hydroxylation is 2. The molecule has 0 fully saturated rings. The molecule has 0 aliphatic heterocycles. The van der Waals surface area contributed by atoms with Crippen LogP contribution in [-0.2, 0) is 17.8 Å². The first kappa shape index (κ1) is 17.8. The molecular formula is C18H22N4OS2. The van der Waals surface area contributed by atoms with E-state index in [2.05, 4.69) is 32.2 Å². The second-order valence-electron chi connectivity index (χ2n) is 6.24. The molecule has 1 N–H and O–H groups in total. The van der Waals surface area contributed by atoms with Gasteiger partial charge in [0.2, 0.25) is 5.91 Å². The molecule has 1 atom stereocenters. The van der Waals surface area contributed by atoms with Gasteiger partial charge in [0, 0.05) is 23.2 Å². The summed E-state index contributed by atoms with van der Waals surface area (Å²) in [6.07, 6.45) is 0.748. The maximum Gasteiger partial charge on any atom is 0.242 e. The molecule has 0 aromatic carbocycles. The third kappa shape index (κ3) is 4.16. The first-order valence-corrected chi connectivity index (χ1v) is 9.99. The van der Waals surface area contributed by atoms with E-state index in [0.717, 1.165) is 34.1 Å². The lowest BCUT2D eigenvalue weighted by atomic mass is 10.1. The summed E-state index contributed by atoms with van der Waals surface area (Å²) in [7, 11) is 0. The Kier molecular flexibility index (Phi) is 5.34. The monoisotopic (exact) mass is 374 g/mol. The molecule has 0 unspecified atom stereocenters. The minimum Gasteiger partial charge on any atom is -0.345 e. The standard InChI is InChI=1S/C18H22N4OS2/c1-11-9-25-18(19-11)16(7-15-5-6-24-10-15)20-17(23)8-22-14(4)12(2)13(3)21-22/h5-6,9-10,16H,7-8H2,1-4H3,(H,20,23)/t16-/m1/s1. The number of thiophene rings is 1. The van der Waals surface area contributed by atoms with E-state index in [1.165, 1.54) is 5.56 Å². The first-order valence-electron chi connectivity index (χ1n) is 8.17. The van der Waals surface area contributed by atoms with E-state index in [1.54, 1.807) is 27.4 Å². The van der Waals surface area contributed by atoms with Crippen LogP contribution in [0.3, 0.4) is 0 Å². The van der Waals surface area contributed by atoms with Crippen molar-refractivity contribution < 1.29 is 4.79 Å². The van der Waals surface area contributed by atoms with Crippen molar-refractivity contribution >= 4 is 28.6 Å². The summed E-state index contributed by atoms with van der Waals surface area (Å²) in [6.45, 7) is 8.20. The lowest BCUT2D eigenvalue weighted by Crippen LogP contribution is -2.33. The highest BCUT2D eigenvalue weighted by molar-refractivity contribution is 7.09. The summed E-state index contributed by atoms with van der Waals surface area (Å²) in [5.41, 5.74) is 5.34. The summed E-state index contributed by atoms with van der Waals surface area (Å²) in [5, 5.41) is 14.7. The Balaban J connectivity index is 1.74. The zero-order chi connectivity index (χ0) is 18.0. The largest absolute Gasteiger partial charge is 0.345 e. The molecule has 5 nitrogen and oxygen atoms in total. The van der Waals surface area contributed by atoms with Crippen LogP contribution in [-0.4, -0.2) is 20.7 Å². The van der Waals surface area contributed by atoms with Crippen LogP contribution in [0, 0.1) is 27.7 Å². The molecule has 3 aromatic heterocycles. The van der Waals surface area contributed by atoms with Crippen LogP contribution in [0.15, 0.2) is 22.2 Å². The van der Waals surface area contributed by atoms with Crippen LogP contribution < -0.4 is 5.32 Å². The van der Waals surface area contributed by atoms with Crippen molar-refractivity contribution in [2.24, 2.45) is 0 Å².